The van der Waals surface area contributed by atoms with Gasteiger partial charge in [0.1, 0.15) is 0 Å². The van der Waals surface area contributed by atoms with Crippen LogP contribution in [0.25, 0.3) is 0 Å². The van der Waals surface area contributed by atoms with Crippen molar-refractivity contribution in [2.45, 2.75) is 19.8 Å². The van der Waals surface area contributed by atoms with Gasteiger partial charge in [0.2, 0.25) is 0 Å². The van der Waals surface area contributed by atoms with Crippen LogP contribution in [0.2, 0.25) is 0 Å². The average Bonchev–Trinajstić information content (AvgIpc) is 2.24. The highest BCUT2D eigenvalue weighted by Crippen LogP contribution is 1.85. The maximum absolute atomic E-state index is 11.1. The van der Waals surface area contributed by atoms with Gasteiger partial charge in [-0.15, -0.1) is 0 Å². The van der Waals surface area contributed by atoms with E-state index >= 15 is 0 Å². The first-order valence-electron chi connectivity index (χ1n) is 5.14. The van der Waals surface area contributed by atoms with E-state index in [1.54, 1.807) is 0 Å². The maximum Gasteiger partial charge on any atom is 0.314 e. The van der Waals surface area contributed by atoms with Gasteiger partial charge in [0, 0.05) is 41.8 Å². The minimum absolute atomic E-state index is 0.0418. The number of carbonyl (C=O) groups is 2. The van der Waals surface area contributed by atoms with Crippen molar-refractivity contribution < 1.29 is 18.9 Å². The molecule has 0 saturated carbocycles. The lowest BCUT2D eigenvalue weighted by molar-refractivity contribution is -0.137. The molecule has 0 aliphatic rings. The third-order valence-corrected chi connectivity index (χ3v) is 3.09. The topological polar surface area (TPSA) is 95.5 Å². The predicted molar refractivity (Wildman–Crippen MR) is 61.8 cm³/mol. The van der Waals surface area contributed by atoms with Crippen LogP contribution in [-0.4, -0.2) is 45.9 Å². The Hall–Kier alpha value is -1.11. The molecule has 0 aromatic rings. The number of nitrogens with one attached hydrogen (secondary N) is 2. The molecule has 94 valence electrons. The summed E-state index contributed by atoms with van der Waals surface area (Å²) in [6, 6.07) is -0.349. The fraction of sp³-hybridized carbons (Fsp3) is 0.778. The maximum atomic E-state index is 11.1. The lowest BCUT2D eigenvalue weighted by Gasteiger charge is -2.06. The Morgan fingerprint density at radius 2 is 1.88 bits per heavy atom. The standard InChI is InChI=1S/C9H18N2O4S/c1-2-16(15)7-6-11-9(14)10-5-3-4-8(12)13/h2-7H2,1H3,(H,12,13)(H2,10,11,14). The summed E-state index contributed by atoms with van der Waals surface area (Å²) in [5, 5.41) is 13.4. The number of urea groups is 1. The summed E-state index contributed by atoms with van der Waals surface area (Å²) in [6.45, 7) is 2.52. The highest BCUT2D eigenvalue weighted by Gasteiger charge is 2.01. The van der Waals surface area contributed by atoms with Crippen LogP contribution >= 0.6 is 0 Å². The summed E-state index contributed by atoms with van der Waals surface area (Å²) in [7, 11) is -0.877. The fourth-order valence-corrected chi connectivity index (χ4v) is 1.55. The minimum atomic E-state index is -0.877. The number of hydrogen-bond acceptors (Lipinski definition) is 3. The fourth-order valence-electron chi connectivity index (χ4n) is 0.927. The SMILES string of the molecule is CCS(=O)CCNC(=O)NCCCC(=O)O. The van der Waals surface area contributed by atoms with Crippen LogP contribution in [0, 0.1) is 0 Å². The van der Waals surface area contributed by atoms with Crippen molar-refractivity contribution in [3.63, 3.8) is 0 Å². The number of aliphatic carboxylic acids is 1. The molecule has 0 aromatic carbocycles. The molecule has 0 spiro atoms. The summed E-state index contributed by atoms with van der Waals surface area (Å²) in [4.78, 5) is 21.3. The van der Waals surface area contributed by atoms with Crippen LogP contribution in [0.3, 0.4) is 0 Å². The Morgan fingerprint density at radius 3 is 2.44 bits per heavy atom. The van der Waals surface area contributed by atoms with Crippen LogP contribution in [-0.2, 0) is 15.6 Å². The van der Waals surface area contributed by atoms with E-state index in [0.29, 0.717) is 31.0 Å². The van der Waals surface area contributed by atoms with Gasteiger partial charge in [-0.05, 0) is 6.42 Å². The molecule has 0 aromatic heterocycles. The molecular formula is C9H18N2O4S. The molecule has 2 amide bonds. The highest BCUT2D eigenvalue weighted by molar-refractivity contribution is 7.84. The van der Waals surface area contributed by atoms with Gasteiger partial charge in [0.15, 0.2) is 0 Å². The molecule has 0 radical (unpaired) electrons. The van der Waals surface area contributed by atoms with Gasteiger partial charge in [-0.25, -0.2) is 4.79 Å². The number of carboxylic acid groups (broad SMARTS) is 1. The molecule has 6 nitrogen and oxygen atoms in total. The third kappa shape index (κ3) is 9.45. The van der Waals surface area contributed by atoms with Crippen molar-refractivity contribution >= 4 is 22.8 Å². The lowest BCUT2D eigenvalue weighted by Crippen LogP contribution is -2.38. The molecule has 3 N–H and O–H groups in total. The molecule has 16 heavy (non-hydrogen) atoms. The van der Waals surface area contributed by atoms with Crippen LogP contribution in [0.1, 0.15) is 19.8 Å². The molecule has 1 unspecified atom stereocenters. The molecule has 0 heterocycles. The van der Waals surface area contributed by atoms with Gasteiger partial charge in [0.05, 0.1) is 0 Å². The largest absolute Gasteiger partial charge is 0.481 e. The van der Waals surface area contributed by atoms with E-state index < -0.39 is 16.8 Å². The van der Waals surface area contributed by atoms with Gasteiger partial charge >= 0.3 is 12.0 Å². The number of amides is 2. The van der Waals surface area contributed by atoms with E-state index in [0.717, 1.165) is 0 Å². The van der Waals surface area contributed by atoms with Gasteiger partial charge < -0.3 is 15.7 Å². The summed E-state index contributed by atoms with van der Waals surface area (Å²) in [5.74, 6) is 0.154. The molecule has 0 rings (SSSR count). The Kier molecular flexibility index (Phi) is 8.51. The van der Waals surface area contributed by atoms with E-state index in [2.05, 4.69) is 10.6 Å². The van der Waals surface area contributed by atoms with Gasteiger partial charge in [0.25, 0.3) is 0 Å². The molecule has 0 fully saturated rings. The zero-order valence-electron chi connectivity index (χ0n) is 9.32. The van der Waals surface area contributed by atoms with E-state index in [4.69, 9.17) is 5.11 Å². The Bertz CT molecular complexity index is 258. The van der Waals surface area contributed by atoms with Crippen LogP contribution < -0.4 is 10.6 Å². The number of carbonyl (C=O) groups excluding carboxylic acids is 1. The van der Waals surface area contributed by atoms with Crippen molar-refractivity contribution in [1.82, 2.24) is 10.6 Å². The molecule has 7 heteroatoms. The molecule has 0 saturated heterocycles. The zero-order chi connectivity index (χ0) is 12.4. The lowest BCUT2D eigenvalue weighted by atomic mass is 10.3. The average molecular weight is 250 g/mol. The van der Waals surface area contributed by atoms with Crippen LogP contribution in [0.15, 0.2) is 0 Å². The van der Waals surface area contributed by atoms with Crippen molar-refractivity contribution in [3.8, 4) is 0 Å². The second-order valence-electron chi connectivity index (χ2n) is 3.11. The molecule has 0 aliphatic carbocycles. The van der Waals surface area contributed by atoms with E-state index in [9.17, 15) is 13.8 Å². The highest BCUT2D eigenvalue weighted by atomic mass is 32.2. The van der Waals surface area contributed by atoms with Crippen molar-refractivity contribution in [2.75, 3.05) is 24.6 Å². The molecular weight excluding hydrogens is 232 g/mol. The molecule has 0 aliphatic heterocycles. The first kappa shape index (κ1) is 14.9. The van der Waals surface area contributed by atoms with Crippen molar-refractivity contribution in [2.24, 2.45) is 0 Å². The first-order chi connectivity index (χ1) is 7.56. The van der Waals surface area contributed by atoms with Crippen molar-refractivity contribution in [1.29, 1.82) is 0 Å². The number of rotatable bonds is 8. The second kappa shape index (κ2) is 9.14. The van der Waals surface area contributed by atoms with Gasteiger partial charge in [-0.1, -0.05) is 6.92 Å². The van der Waals surface area contributed by atoms with Crippen LogP contribution in [0.5, 0.6) is 0 Å². The quantitative estimate of drug-likeness (QED) is 0.525. The summed E-state index contributed by atoms with van der Waals surface area (Å²) in [5.41, 5.74) is 0. The smallest absolute Gasteiger partial charge is 0.314 e. The zero-order valence-corrected chi connectivity index (χ0v) is 10.1. The third-order valence-electron chi connectivity index (χ3n) is 1.79. The Labute approximate surface area is 97.3 Å². The normalized spacial score (nSPS) is 11.8. The molecule has 1 atom stereocenters. The predicted octanol–water partition coefficient (Wildman–Crippen LogP) is -0.0810. The van der Waals surface area contributed by atoms with Gasteiger partial charge in [-0.3, -0.25) is 9.00 Å². The number of hydrogen-bond donors (Lipinski definition) is 3. The second-order valence-corrected chi connectivity index (χ2v) is 4.98. The van der Waals surface area contributed by atoms with E-state index in [1.807, 2.05) is 6.92 Å². The summed E-state index contributed by atoms with van der Waals surface area (Å²) < 4.78 is 11.0. The van der Waals surface area contributed by atoms with Gasteiger partial charge in [-0.2, -0.15) is 0 Å². The van der Waals surface area contributed by atoms with Crippen molar-refractivity contribution in [3.05, 3.63) is 0 Å². The number of carboxylic acids is 1. The Balaban J connectivity index is 3.38. The first-order valence-corrected chi connectivity index (χ1v) is 6.63. The summed E-state index contributed by atoms with van der Waals surface area (Å²) >= 11 is 0. The molecule has 0 bridgehead atoms. The minimum Gasteiger partial charge on any atom is -0.481 e. The monoisotopic (exact) mass is 250 g/mol. The van der Waals surface area contributed by atoms with Crippen LogP contribution in [0.4, 0.5) is 4.79 Å². The Morgan fingerprint density at radius 1 is 1.25 bits per heavy atom. The van der Waals surface area contributed by atoms with E-state index in [1.165, 1.54) is 0 Å². The summed E-state index contributed by atoms with van der Waals surface area (Å²) in [6.07, 6.45) is 0.448. The van der Waals surface area contributed by atoms with E-state index in [-0.39, 0.29) is 12.5 Å².